The molecule has 32 nitrogen and oxygen atoms in total. The zero-order chi connectivity index (χ0) is 63.5. The van der Waals surface area contributed by atoms with Crippen LogP contribution >= 0.6 is 0 Å². The number of H-pyrrole nitrogens is 1. The van der Waals surface area contributed by atoms with Crippen LogP contribution in [0.15, 0.2) is 86.0 Å². The zero-order valence-corrected chi connectivity index (χ0v) is 49.7. The van der Waals surface area contributed by atoms with Gasteiger partial charge in [0.15, 0.2) is 17.5 Å². The van der Waals surface area contributed by atoms with Crippen LogP contribution in [-0.4, -0.2) is 156 Å². The van der Waals surface area contributed by atoms with Gasteiger partial charge in [-0.2, -0.15) is 0 Å². The second kappa shape index (κ2) is 27.6. The van der Waals surface area contributed by atoms with E-state index in [0.717, 1.165) is 13.0 Å². The monoisotopic (exact) mass is 1210 g/mol. The van der Waals surface area contributed by atoms with Gasteiger partial charge in [-0.15, -0.1) is 0 Å². The summed E-state index contributed by atoms with van der Waals surface area (Å²) in [6, 6.07) is 8.87. The molecule has 0 radical (unpaired) electrons. The fourth-order valence-electron chi connectivity index (χ4n) is 9.06. The van der Waals surface area contributed by atoms with E-state index in [1.807, 2.05) is 19.0 Å². The average molecular weight is 1210 g/mol. The van der Waals surface area contributed by atoms with Crippen LogP contribution in [0.1, 0.15) is 110 Å². The van der Waals surface area contributed by atoms with Gasteiger partial charge in [-0.05, 0) is 69.9 Å². The van der Waals surface area contributed by atoms with Crippen molar-refractivity contribution in [1.82, 2.24) is 72.8 Å². The first-order chi connectivity index (χ1) is 41.9. The second-order valence-electron chi connectivity index (χ2n) is 20.8. The summed E-state index contributed by atoms with van der Waals surface area (Å²) in [6.45, 7) is 1.64. The lowest BCUT2D eigenvalue weighted by atomic mass is 10.3. The molecule has 0 atom stereocenters. The molecule has 11 N–H and O–H groups in total. The molecule has 0 fully saturated rings. The number of carbonyl (C=O) groups excluding carboxylic acids is 10. The van der Waals surface area contributed by atoms with E-state index in [1.165, 1.54) is 88.6 Å². The molecule has 88 heavy (non-hydrogen) atoms. The smallest absolute Gasteiger partial charge is 0.292 e. The predicted molar refractivity (Wildman–Crippen MR) is 323 cm³/mol. The summed E-state index contributed by atoms with van der Waals surface area (Å²) in [5.41, 5.74) is 2.19. The minimum absolute atomic E-state index is 0.00964. The topological polar surface area (TPSA) is 383 Å². The molecule has 0 spiro atoms. The van der Waals surface area contributed by atoms with Gasteiger partial charge < -0.3 is 95.0 Å². The number of amides is 10. The van der Waals surface area contributed by atoms with Crippen molar-refractivity contribution in [3.8, 4) is 0 Å². The highest BCUT2D eigenvalue weighted by Gasteiger charge is 2.24. The van der Waals surface area contributed by atoms with Crippen molar-refractivity contribution in [1.29, 1.82) is 0 Å². The van der Waals surface area contributed by atoms with Crippen LogP contribution in [0, 0.1) is 0 Å². The molecule has 8 aromatic rings. The number of aromatic nitrogens is 11. The largest absolute Gasteiger partial charge is 0.356 e. The first kappa shape index (κ1) is 62.7. The van der Waals surface area contributed by atoms with E-state index in [4.69, 9.17) is 0 Å². The summed E-state index contributed by atoms with van der Waals surface area (Å²) < 4.78 is 10.5. The van der Waals surface area contributed by atoms with Crippen molar-refractivity contribution >= 4 is 99.3 Å². The highest BCUT2D eigenvalue weighted by molar-refractivity contribution is 6.09. The molecular formula is C56H68N22O10. The molecule has 0 bridgehead atoms. The molecule has 0 aliphatic rings. The average Bonchev–Trinajstić information content (AvgIpc) is 3.33. The molecule has 8 heterocycles. The Morgan fingerprint density at radius 3 is 1.40 bits per heavy atom. The molecule has 8 rings (SSSR count). The third-order valence-corrected chi connectivity index (χ3v) is 13.5. The van der Waals surface area contributed by atoms with Crippen LogP contribution in [0.2, 0.25) is 0 Å². The molecule has 0 unspecified atom stereocenters. The quantitative estimate of drug-likeness (QED) is 0.0347. The highest BCUT2D eigenvalue weighted by Crippen LogP contribution is 2.22. The zero-order valence-electron chi connectivity index (χ0n) is 49.7. The summed E-state index contributed by atoms with van der Waals surface area (Å²) in [4.78, 5) is 148. The molecule has 0 aromatic carbocycles. The highest BCUT2D eigenvalue weighted by atomic mass is 16.2. The Morgan fingerprint density at radius 1 is 0.432 bits per heavy atom. The second-order valence-corrected chi connectivity index (χ2v) is 20.8. The van der Waals surface area contributed by atoms with Gasteiger partial charge in [0.25, 0.3) is 47.3 Å². The van der Waals surface area contributed by atoms with Crippen LogP contribution < -0.4 is 53.2 Å². The van der Waals surface area contributed by atoms with Crippen LogP contribution in [0.4, 0.5) is 40.2 Å². The predicted octanol–water partition coefficient (Wildman–Crippen LogP) is 2.42. The Kier molecular flexibility index (Phi) is 19.7. The minimum Gasteiger partial charge on any atom is -0.356 e. The van der Waals surface area contributed by atoms with Crippen molar-refractivity contribution in [2.45, 2.75) is 25.7 Å². The lowest BCUT2D eigenvalue weighted by Crippen LogP contribution is -2.32. The molecule has 8 aromatic heterocycles. The fraction of sp³-hybridized carbons (Fsp3) is 0.304. The van der Waals surface area contributed by atoms with E-state index >= 15 is 0 Å². The van der Waals surface area contributed by atoms with E-state index < -0.39 is 53.2 Å². The van der Waals surface area contributed by atoms with Gasteiger partial charge in [-0.25, -0.2) is 15.0 Å². The van der Waals surface area contributed by atoms with Gasteiger partial charge in [0.1, 0.15) is 34.3 Å². The maximum atomic E-state index is 13.5. The number of aryl methyl sites for hydroxylation is 7. The van der Waals surface area contributed by atoms with Gasteiger partial charge in [-0.1, -0.05) is 0 Å². The first-order valence-corrected chi connectivity index (χ1v) is 27.4. The van der Waals surface area contributed by atoms with Crippen molar-refractivity contribution in [2.75, 3.05) is 77.5 Å². The van der Waals surface area contributed by atoms with Gasteiger partial charge in [0, 0.05) is 131 Å². The normalized spacial score (nSPS) is 11.0. The van der Waals surface area contributed by atoms with E-state index in [0.29, 0.717) is 23.6 Å². The van der Waals surface area contributed by atoms with Gasteiger partial charge in [-0.3, -0.25) is 47.9 Å². The van der Waals surface area contributed by atoms with Crippen LogP contribution in [-0.2, 0) is 58.9 Å². The molecule has 10 amide bonds. The molecule has 0 aliphatic heterocycles. The maximum Gasteiger partial charge on any atom is 0.292 e. The Hall–Kier alpha value is -11.3. The number of anilines is 7. The number of aromatic amines is 1. The lowest BCUT2D eigenvalue weighted by Gasteiger charge is -2.10. The summed E-state index contributed by atoms with van der Waals surface area (Å²) in [5, 5.41) is 27.2. The van der Waals surface area contributed by atoms with E-state index in [-0.39, 0.29) is 107 Å². The first-order valence-electron chi connectivity index (χ1n) is 27.4. The summed E-state index contributed by atoms with van der Waals surface area (Å²) in [6.07, 6.45) is 13.4. The standard InChI is InChI=1S/C56H68N22O10/c1-71(2)20-11-17-57-44(79)15-18-60-51(83)38-23-33(27-74(38)5)62-52(84)39-24-34(28-75(39)6)63-53(85)40-25-35(29-76(40)7)64-55(87)47-67-42(30-77(47)8)66-45(80)12-10-16-59-50(82)37-22-32(26-73(37)4)61-49(81)36-13-14-41(65-36)69-56(88)48-68-43(31-78(48)9)70-54(86)46-58-19-21-72(46)3/h13-14,19,21-31,65H,10-12,15-18,20H2,1-9H3,(H,57,79)(H,59,82)(H,60,83)(H,61,81)(H,62,84)(H,63,85)(H,64,87)(H,66,80)(H,69,88)(H,70,86). The van der Waals surface area contributed by atoms with Crippen LogP contribution in [0.3, 0.4) is 0 Å². The van der Waals surface area contributed by atoms with Crippen molar-refractivity contribution in [3.63, 3.8) is 0 Å². The fourth-order valence-corrected chi connectivity index (χ4v) is 9.06. The number of nitrogens with zero attached hydrogens (tertiary/aromatic N) is 11. The number of carbonyl (C=O) groups is 10. The van der Waals surface area contributed by atoms with Crippen molar-refractivity contribution in [2.24, 2.45) is 49.3 Å². The third-order valence-electron chi connectivity index (χ3n) is 13.5. The minimum atomic E-state index is -0.633. The van der Waals surface area contributed by atoms with Crippen LogP contribution in [0.25, 0.3) is 0 Å². The van der Waals surface area contributed by atoms with E-state index in [1.54, 1.807) is 78.7 Å². The van der Waals surface area contributed by atoms with Gasteiger partial charge in [0.05, 0.1) is 22.7 Å². The summed E-state index contributed by atoms with van der Waals surface area (Å²) >= 11 is 0. The Labute approximate surface area is 502 Å². The lowest BCUT2D eigenvalue weighted by molar-refractivity contribution is -0.121. The van der Waals surface area contributed by atoms with Crippen LogP contribution in [0.5, 0.6) is 0 Å². The maximum absolute atomic E-state index is 13.5. The third kappa shape index (κ3) is 15.9. The molecule has 462 valence electrons. The van der Waals surface area contributed by atoms with E-state index in [9.17, 15) is 47.9 Å². The van der Waals surface area contributed by atoms with Gasteiger partial charge >= 0.3 is 0 Å². The Balaban J connectivity index is 0.741. The Morgan fingerprint density at radius 2 is 0.886 bits per heavy atom. The number of hydrogen-bond acceptors (Lipinski definition) is 14. The number of imidazole rings is 3. The summed E-state index contributed by atoms with van der Waals surface area (Å²) in [5.74, 6) is -4.33. The molecular weight excluding hydrogens is 1140 g/mol. The number of rotatable bonds is 26. The summed E-state index contributed by atoms with van der Waals surface area (Å²) in [7, 11) is 15.2. The molecule has 0 saturated heterocycles. The molecule has 0 saturated carbocycles. The van der Waals surface area contributed by atoms with E-state index in [2.05, 4.69) is 73.1 Å². The molecule has 32 heteroatoms. The van der Waals surface area contributed by atoms with Gasteiger partial charge in [0.2, 0.25) is 23.5 Å². The van der Waals surface area contributed by atoms with Crippen molar-refractivity contribution < 1.29 is 47.9 Å². The van der Waals surface area contributed by atoms with Crippen molar-refractivity contribution in [3.05, 3.63) is 132 Å². The number of hydrogen-bond donors (Lipinski definition) is 11. The SMILES string of the molecule is CN(C)CCCNC(=O)CCNC(=O)c1cc(NC(=O)c2cc(NC(=O)c3cc(NC(=O)c4nc(NC(=O)CCCNC(=O)c5cc(NC(=O)c6ccc(NC(=O)c7nc(NC(=O)c8nccn8C)cn7C)[nH]6)cn5C)cn4C)cn3C)cn2C)cn1C. The number of nitrogens with one attached hydrogen (secondary N) is 11. The molecule has 0 aliphatic carbocycles. The Bertz CT molecular complexity index is 3970.